The van der Waals surface area contributed by atoms with Crippen LogP contribution in [0.3, 0.4) is 0 Å². The molecule has 2 amide bonds. The van der Waals surface area contributed by atoms with Crippen LogP contribution in [-0.4, -0.2) is 37.8 Å². The minimum atomic E-state index is -0.940. The van der Waals surface area contributed by atoms with Gasteiger partial charge in [0.2, 0.25) is 5.75 Å². The molecule has 1 aliphatic heterocycles. The molecule has 0 bridgehead atoms. The van der Waals surface area contributed by atoms with Crippen LogP contribution in [0, 0.1) is 10.1 Å². The lowest BCUT2D eigenvalue weighted by molar-refractivity contribution is -0.385. The Kier molecular flexibility index (Phi) is 6.22. The van der Waals surface area contributed by atoms with Crippen LogP contribution in [0.5, 0.6) is 11.5 Å². The van der Waals surface area contributed by atoms with Crippen LogP contribution in [0.1, 0.15) is 31.9 Å². The number of allylic oxidation sites excluding steroid dienone is 1. The minimum Gasteiger partial charge on any atom is -0.490 e. The fraction of sp³-hybridized carbons (Fsp3) is 0.412. The second-order valence-corrected chi connectivity index (χ2v) is 5.53. The third kappa shape index (κ3) is 3.94. The molecule has 0 fully saturated rings. The van der Waals surface area contributed by atoms with Gasteiger partial charge in [0.25, 0.3) is 0 Å². The van der Waals surface area contributed by atoms with Crippen LogP contribution in [0.25, 0.3) is 0 Å². The number of hydrogen-bond acceptors (Lipinski definition) is 7. The van der Waals surface area contributed by atoms with Crippen molar-refractivity contribution in [2.24, 2.45) is 0 Å². The lowest BCUT2D eigenvalue weighted by Crippen LogP contribution is -2.45. The molecule has 0 aromatic heterocycles. The van der Waals surface area contributed by atoms with Gasteiger partial charge < -0.3 is 24.8 Å². The molecule has 1 atom stereocenters. The Bertz CT molecular complexity index is 804. The van der Waals surface area contributed by atoms with E-state index < -0.39 is 23.0 Å². The molecule has 2 rings (SSSR count). The summed E-state index contributed by atoms with van der Waals surface area (Å²) in [5, 5.41) is 16.7. The van der Waals surface area contributed by atoms with Gasteiger partial charge in [-0.25, -0.2) is 9.59 Å². The maximum Gasteiger partial charge on any atom is 0.337 e. The molecule has 10 heteroatoms. The van der Waals surface area contributed by atoms with Gasteiger partial charge in [0.1, 0.15) is 0 Å². The molecule has 2 N–H and O–H groups in total. The van der Waals surface area contributed by atoms with E-state index in [1.807, 2.05) is 0 Å². The predicted molar refractivity (Wildman–Crippen MR) is 94.6 cm³/mol. The average molecular weight is 379 g/mol. The van der Waals surface area contributed by atoms with E-state index in [2.05, 4.69) is 10.6 Å². The zero-order chi connectivity index (χ0) is 20.1. The lowest BCUT2D eigenvalue weighted by atomic mass is 9.93. The molecule has 1 aromatic carbocycles. The number of amides is 2. The summed E-state index contributed by atoms with van der Waals surface area (Å²) in [5.41, 5.74) is 0.509. The molecular formula is C17H21N3O7. The van der Waals surface area contributed by atoms with Crippen molar-refractivity contribution < 1.29 is 28.7 Å². The van der Waals surface area contributed by atoms with Crippen molar-refractivity contribution >= 4 is 17.7 Å². The predicted octanol–water partition coefficient (Wildman–Crippen LogP) is 2.19. The Morgan fingerprint density at radius 1 is 1.30 bits per heavy atom. The molecule has 1 aromatic rings. The van der Waals surface area contributed by atoms with E-state index in [1.165, 1.54) is 26.4 Å². The molecule has 10 nitrogen and oxygen atoms in total. The molecule has 0 saturated carbocycles. The molecule has 27 heavy (non-hydrogen) atoms. The first-order chi connectivity index (χ1) is 12.9. The second kappa shape index (κ2) is 8.39. The van der Waals surface area contributed by atoms with E-state index in [9.17, 15) is 19.7 Å². The van der Waals surface area contributed by atoms with E-state index in [0.29, 0.717) is 17.7 Å². The highest BCUT2D eigenvalue weighted by Gasteiger charge is 2.35. The zero-order valence-corrected chi connectivity index (χ0v) is 15.5. The first-order valence-corrected chi connectivity index (χ1v) is 8.25. The van der Waals surface area contributed by atoms with Crippen LogP contribution >= 0.6 is 0 Å². The normalized spacial score (nSPS) is 16.3. The Morgan fingerprint density at radius 2 is 2.00 bits per heavy atom. The molecule has 0 saturated heterocycles. The number of nitrogens with zero attached hydrogens (tertiary/aromatic N) is 1. The van der Waals surface area contributed by atoms with E-state index >= 15 is 0 Å². The molecule has 0 aliphatic carbocycles. The van der Waals surface area contributed by atoms with Gasteiger partial charge in [-0.2, -0.15) is 0 Å². The van der Waals surface area contributed by atoms with Crippen molar-refractivity contribution in [1.82, 2.24) is 10.6 Å². The van der Waals surface area contributed by atoms with E-state index in [1.54, 1.807) is 13.8 Å². The number of hydrogen-bond donors (Lipinski definition) is 2. The quantitative estimate of drug-likeness (QED) is 0.422. The number of nitro groups is 1. The van der Waals surface area contributed by atoms with Gasteiger partial charge in [-0.3, -0.25) is 10.1 Å². The number of methoxy groups -OCH3 is 2. The monoisotopic (exact) mass is 379 g/mol. The zero-order valence-electron chi connectivity index (χ0n) is 15.5. The fourth-order valence-electron chi connectivity index (χ4n) is 2.88. The van der Waals surface area contributed by atoms with Gasteiger partial charge in [0, 0.05) is 11.8 Å². The highest BCUT2D eigenvalue weighted by Crippen LogP contribution is 2.41. The number of urea groups is 1. The van der Waals surface area contributed by atoms with Crippen molar-refractivity contribution in [1.29, 1.82) is 0 Å². The first kappa shape index (κ1) is 20.0. The number of rotatable bonds is 7. The topological polar surface area (TPSA) is 129 Å². The van der Waals surface area contributed by atoms with E-state index in [4.69, 9.17) is 14.2 Å². The summed E-state index contributed by atoms with van der Waals surface area (Å²) in [5.74, 6) is -0.551. The van der Waals surface area contributed by atoms with E-state index in [0.717, 1.165) is 0 Å². The van der Waals surface area contributed by atoms with Gasteiger partial charge >= 0.3 is 17.7 Å². The number of esters is 1. The molecule has 146 valence electrons. The summed E-state index contributed by atoms with van der Waals surface area (Å²) in [6.45, 7) is 3.73. The first-order valence-electron chi connectivity index (χ1n) is 8.25. The molecule has 0 radical (unpaired) electrons. The van der Waals surface area contributed by atoms with Gasteiger partial charge in [0.05, 0.1) is 37.4 Å². The van der Waals surface area contributed by atoms with Crippen LogP contribution in [0.15, 0.2) is 23.4 Å². The van der Waals surface area contributed by atoms with Crippen LogP contribution in [-0.2, 0) is 9.53 Å². The molecule has 1 unspecified atom stereocenters. The van der Waals surface area contributed by atoms with Crippen LogP contribution < -0.4 is 20.1 Å². The smallest absolute Gasteiger partial charge is 0.337 e. The van der Waals surface area contributed by atoms with Crippen molar-refractivity contribution in [3.8, 4) is 11.5 Å². The highest BCUT2D eigenvalue weighted by atomic mass is 16.6. The number of nitro benzene ring substituents is 1. The average Bonchev–Trinajstić information content (AvgIpc) is 2.66. The fourth-order valence-corrected chi connectivity index (χ4v) is 2.88. The van der Waals surface area contributed by atoms with Gasteiger partial charge in [-0.1, -0.05) is 6.92 Å². The number of benzene rings is 1. The summed E-state index contributed by atoms with van der Waals surface area (Å²) < 4.78 is 15.4. The maximum absolute atomic E-state index is 12.3. The molecule has 1 heterocycles. The standard InChI is InChI=1S/C17H21N3O7/c1-5-10-13(16(21)26-4)14(19-17(22)18-10)9-7-11(20(23)24)15(25-3)12(8-9)27-6-2/h7-8,14H,5-6H2,1-4H3,(H2,18,19,22). The van der Waals surface area contributed by atoms with Crippen molar-refractivity contribution in [2.45, 2.75) is 26.3 Å². The Morgan fingerprint density at radius 3 is 2.52 bits per heavy atom. The largest absolute Gasteiger partial charge is 0.490 e. The third-order valence-electron chi connectivity index (χ3n) is 4.00. The van der Waals surface area contributed by atoms with Crippen molar-refractivity contribution in [2.75, 3.05) is 20.8 Å². The number of nitrogens with one attached hydrogen (secondary N) is 2. The third-order valence-corrected chi connectivity index (χ3v) is 4.00. The summed E-state index contributed by atoms with van der Waals surface area (Å²) in [6, 6.07) is 1.28. The maximum atomic E-state index is 12.3. The SMILES string of the molecule is CCOc1cc(C2NC(=O)NC(CC)=C2C(=O)OC)cc([N+](=O)[O-])c1OC. The van der Waals surface area contributed by atoms with Gasteiger partial charge in [-0.15, -0.1) is 0 Å². The van der Waals surface area contributed by atoms with Gasteiger partial charge in [-0.05, 0) is 25.0 Å². The van der Waals surface area contributed by atoms with Crippen molar-refractivity contribution in [3.05, 3.63) is 39.1 Å². The summed E-state index contributed by atoms with van der Waals surface area (Å²) >= 11 is 0. The van der Waals surface area contributed by atoms with Crippen molar-refractivity contribution in [3.63, 3.8) is 0 Å². The molecular weight excluding hydrogens is 358 g/mol. The summed E-state index contributed by atoms with van der Waals surface area (Å²) in [6.07, 6.45) is 0.366. The second-order valence-electron chi connectivity index (χ2n) is 5.53. The van der Waals surface area contributed by atoms with Crippen LogP contribution in [0.2, 0.25) is 0 Å². The minimum absolute atomic E-state index is 0.0369. The summed E-state index contributed by atoms with van der Waals surface area (Å²) in [7, 11) is 2.52. The summed E-state index contributed by atoms with van der Waals surface area (Å²) in [4.78, 5) is 35.2. The lowest BCUT2D eigenvalue weighted by Gasteiger charge is -2.29. The van der Waals surface area contributed by atoms with Crippen LogP contribution in [0.4, 0.5) is 10.5 Å². The number of ether oxygens (including phenoxy) is 3. The molecule has 1 aliphatic rings. The van der Waals surface area contributed by atoms with Gasteiger partial charge in [0.15, 0.2) is 5.75 Å². The number of carbonyl (C=O) groups is 2. The Labute approximate surface area is 155 Å². The Hall–Kier alpha value is -3.30. The highest BCUT2D eigenvalue weighted by molar-refractivity contribution is 5.95. The Balaban J connectivity index is 2.71. The van der Waals surface area contributed by atoms with E-state index in [-0.39, 0.29) is 29.4 Å². The molecule has 0 spiro atoms. The number of carbonyl (C=O) groups excluding carboxylic acids is 2.